The Balaban J connectivity index is 1.71. The van der Waals surface area contributed by atoms with E-state index in [0.29, 0.717) is 10.3 Å². The molecule has 0 aliphatic carbocycles. The minimum atomic E-state index is 0.405. The van der Waals surface area contributed by atoms with Crippen molar-refractivity contribution >= 4 is 51.7 Å². The zero-order valence-electron chi connectivity index (χ0n) is 14.8. The molecule has 6 heteroatoms. The Morgan fingerprint density at radius 1 is 1.15 bits per heavy atom. The van der Waals surface area contributed by atoms with Gasteiger partial charge in [-0.15, -0.1) is 0 Å². The van der Waals surface area contributed by atoms with Gasteiger partial charge in [-0.1, -0.05) is 35.9 Å². The summed E-state index contributed by atoms with van der Waals surface area (Å²) in [6.07, 6.45) is 1.62. The first-order valence-corrected chi connectivity index (χ1v) is 8.96. The summed E-state index contributed by atoms with van der Waals surface area (Å²) in [7, 11) is 0. The van der Waals surface area contributed by atoms with E-state index in [2.05, 4.69) is 33.8 Å². The largest absolute Gasteiger partial charge is 0.331 e. The van der Waals surface area contributed by atoms with E-state index in [-0.39, 0.29) is 0 Å². The second kappa shape index (κ2) is 7.81. The number of hydrazone groups is 1. The van der Waals surface area contributed by atoms with E-state index in [4.69, 9.17) is 23.8 Å². The molecule has 4 nitrogen and oxygen atoms in total. The van der Waals surface area contributed by atoms with Gasteiger partial charge in [0.25, 0.3) is 0 Å². The summed E-state index contributed by atoms with van der Waals surface area (Å²) in [5, 5.41) is 9.15. The van der Waals surface area contributed by atoms with Crippen LogP contribution >= 0.6 is 23.8 Å². The lowest BCUT2D eigenvalue weighted by Gasteiger charge is -2.11. The van der Waals surface area contributed by atoms with E-state index in [1.54, 1.807) is 6.21 Å². The Kier molecular flexibility index (Phi) is 5.49. The number of halogens is 1. The van der Waals surface area contributed by atoms with Crippen LogP contribution in [0, 0.1) is 20.8 Å². The molecule has 0 fully saturated rings. The molecule has 0 radical (unpaired) electrons. The molecule has 0 saturated carbocycles. The molecule has 1 aromatic heterocycles. The van der Waals surface area contributed by atoms with E-state index < -0.39 is 0 Å². The summed E-state index contributed by atoms with van der Waals surface area (Å²) >= 11 is 11.6. The molecule has 0 atom stereocenters. The number of nitrogens with one attached hydrogen (secondary N) is 2. The van der Waals surface area contributed by atoms with Gasteiger partial charge in [-0.05, 0) is 67.9 Å². The molecule has 0 saturated heterocycles. The second-order valence-corrected chi connectivity index (χ2v) is 6.90. The quantitative estimate of drug-likeness (QED) is 0.285. The molecule has 2 N–H and O–H groups in total. The smallest absolute Gasteiger partial charge is 0.191 e. The molecule has 1 heterocycles. The van der Waals surface area contributed by atoms with Gasteiger partial charge < -0.3 is 5.32 Å². The van der Waals surface area contributed by atoms with Crippen molar-refractivity contribution in [3.8, 4) is 0 Å². The minimum Gasteiger partial charge on any atom is -0.331 e. The number of fused-ring (bicyclic) bond motifs is 1. The fourth-order valence-corrected chi connectivity index (χ4v) is 2.91. The molecule has 0 bridgehead atoms. The molecule has 0 spiro atoms. The number of anilines is 1. The fraction of sp³-hybridized carbons (Fsp3) is 0.150. The van der Waals surface area contributed by atoms with E-state index >= 15 is 0 Å². The maximum atomic E-state index is 6.26. The number of aryl methyl sites for hydroxylation is 2. The number of aromatic nitrogens is 1. The lowest BCUT2D eigenvalue weighted by atomic mass is 10.1. The van der Waals surface area contributed by atoms with Gasteiger partial charge in [0.1, 0.15) is 5.15 Å². The first-order valence-electron chi connectivity index (χ1n) is 8.17. The van der Waals surface area contributed by atoms with Crippen LogP contribution in [0.3, 0.4) is 0 Å². The lowest BCUT2D eigenvalue weighted by Crippen LogP contribution is -2.24. The first-order chi connectivity index (χ1) is 12.4. The molecule has 132 valence electrons. The van der Waals surface area contributed by atoms with Crippen molar-refractivity contribution in [2.45, 2.75) is 20.8 Å². The predicted octanol–water partition coefficient (Wildman–Crippen LogP) is 5.13. The van der Waals surface area contributed by atoms with Crippen LogP contribution in [-0.4, -0.2) is 16.3 Å². The average molecular weight is 383 g/mol. The number of benzene rings is 2. The van der Waals surface area contributed by atoms with Crippen LogP contribution in [0.15, 0.2) is 47.6 Å². The van der Waals surface area contributed by atoms with Gasteiger partial charge in [-0.2, -0.15) is 5.10 Å². The highest BCUT2D eigenvalue weighted by Crippen LogP contribution is 2.20. The predicted molar refractivity (Wildman–Crippen MR) is 114 cm³/mol. The van der Waals surface area contributed by atoms with Crippen molar-refractivity contribution < 1.29 is 0 Å². The van der Waals surface area contributed by atoms with Crippen molar-refractivity contribution in [1.82, 2.24) is 10.4 Å². The number of hydrogen-bond acceptors (Lipinski definition) is 3. The number of rotatable bonds is 3. The van der Waals surface area contributed by atoms with Crippen LogP contribution in [0.5, 0.6) is 0 Å². The highest BCUT2D eigenvalue weighted by Gasteiger charge is 2.04. The lowest BCUT2D eigenvalue weighted by molar-refractivity contribution is 1.05. The van der Waals surface area contributed by atoms with Crippen molar-refractivity contribution in [1.29, 1.82) is 0 Å². The summed E-state index contributed by atoms with van der Waals surface area (Å²) in [5.74, 6) is 0. The average Bonchev–Trinajstić information content (AvgIpc) is 2.59. The molecular formula is C20H19ClN4S. The Labute approximate surface area is 163 Å². The minimum absolute atomic E-state index is 0.405. The molecule has 2 aromatic carbocycles. The van der Waals surface area contributed by atoms with E-state index in [1.165, 1.54) is 5.56 Å². The van der Waals surface area contributed by atoms with Crippen LogP contribution in [-0.2, 0) is 0 Å². The number of hydrogen-bond donors (Lipinski definition) is 2. The number of nitrogens with zero attached hydrogens (tertiary/aromatic N) is 2. The molecule has 0 aliphatic heterocycles. The normalized spacial score (nSPS) is 11.1. The van der Waals surface area contributed by atoms with Crippen molar-refractivity contribution in [3.05, 3.63) is 69.9 Å². The molecule has 3 aromatic rings. The third kappa shape index (κ3) is 4.18. The van der Waals surface area contributed by atoms with E-state index in [0.717, 1.165) is 33.3 Å². The summed E-state index contributed by atoms with van der Waals surface area (Å²) in [6, 6.07) is 14.0. The third-order valence-electron chi connectivity index (χ3n) is 4.18. The molecule has 0 amide bonds. The maximum absolute atomic E-state index is 6.26. The first kappa shape index (κ1) is 18.3. The number of thiocarbonyl (C=S) groups is 1. The van der Waals surface area contributed by atoms with Crippen LogP contribution in [0.1, 0.15) is 22.3 Å². The van der Waals surface area contributed by atoms with Crippen molar-refractivity contribution in [2.75, 3.05) is 5.32 Å². The van der Waals surface area contributed by atoms with Crippen LogP contribution in [0.25, 0.3) is 10.9 Å². The van der Waals surface area contributed by atoms with Crippen molar-refractivity contribution in [2.24, 2.45) is 5.10 Å². The van der Waals surface area contributed by atoms with E-state index in [9.17, 15) is 0 Å². The van der Waals surface area contributed by atoms with Crippen LogP contribution in [0.2, 0.25) is 5.15 Å². The molecule has 3 rings (SSSR count). The van der Waals surface area contributed by atoms with Gasteiger partial charge in [0.05, 0.1) is 11.7 Å². The Morgan fingerprint density at radius 3 is 2.77 bits per heavy atom. The maximum Gasteiger partial charge on any atom is 0.191 e. The second-order valence-electron chi connectivity index (χ2n) is 6.14. The molecule has 0 aliphatic rings. The zero-order valence-corrected chi connectivity index (χ0v) is 16.4. The Morgan fingerprint density at radius 2 is 1.96 bits per heavy atom. The summed E-state index contributed by atoms with van der Waals surface area (Å²) in [6.45, 7) is 6.13. The van der Waals surface area contributed by atoms with Crippen molar-refractivity contribution in [3.63, 3.8) is 0 Å². The summed E-state index contributed by atoms with van der Waals surface area (Å²) in [5.41, 5.74) is 8.86. The van der Waals surface area contributed by atoms with Crippen LogP contribution < -0.4 is 10.7 Å². The van der Waals surface area contributed by atoms with Gasteiger partial charge >= 0.3 is 0 Å². The SMILES string of the molecule is Cc1ccc2cc(/C=N\NC(=S)Nc3cccc(C)c3C)c(Cl)nc2c1. The van der Waals surface area contributed by atoms with Crippen LogP contribution in [0.4, 0.5) is 5.69 Å². The van der Waals surface area contributed by atoms with Gasteiger partial charge in [0.2, 0.25) is 0 Å². The summed E-state index contributed by atoms with van der Waals surface area (Å²) in [4.78, 5) is 4.42. The van der Waals surface area contributed by atoms with E-state index in [1.807, 2.05) is 50.2 Å². The monoisotopic (exact) mass is 382 g/mol. The Hall–Kier alpha value is -2.50. The zero-order chi connectivity index (χ0) is 18.7. The molecule has 26 heavy (non-hydrogen) atoms. The fourth-order valence-electron chi connectivity index (χ4n) is 2.56. The number of pyridine rings is 1. The third-order valence-corrected chi connectivity index (χ3v) is 4.67. The standard InChI is InChI=1S/C20H19ClN4S/c1-12-7-8-15-10-16(19(21)23-18(15)9-12)11-22-25-20(26)24-17-6-4-5-13(2)14(17)3/h4-11H,1-3H3,(H2,24,25,26)/b22-11-. The van der Waals surface area contributed by atoms with Gasteiger partial charge in [0, 0.05) is 16.6 Å². The Bertz CT molecular complexity index is 1010. The highest BCUT2D eigenvalue weighted by molar-refractivity contribution is 7.80. The molecular weight excluding hydrogens is 364 g/mol. The van der Waals surface area contributed by atoms with Gasteiger partial charge in [-0.25, -0.2) is 4.98 Å². The highest BCUT2D eigenvalue weighted by atomic mass is 35.5. The van der Waals surface area contributed by atoms with Gasteiger partial charge in [0.15, 0.2) is 5.11 Å². The molecule has 0 unspecified atom stereocenters. The summed E-state index contributed by atoms with van der Waals surface area (Å²) < 4.78 is 0. The topological polar surface area (TPSA) is 49.3 Å². The van der Waals surface area contributed by atoms with Gasteiger partial charge in [-0.3, -0.25) is 5.43 Å².